The zero-order valence-electron chi connectivity index (χ0n) is 14.6. The lowest BCUT2D eigenvalue weighted by Gasteiger charge is -2.05. The maximum absolute atomic E-state index is 12.2. The molecule has 3 aromatic rings. The van der Waals surface area contributed by atoms with Crippen LogP contribution in [0.4, 0.5) is 11.4 Å². The van der Waals surface area contributed by atoms with Crippen LogP contribution in [0.2, 0.25) is 0 Å². The molecule has 3 rings (SSSR count). The first kappa shape index (κ1) is 18.1. The summed E-state index contributed by atoms with van der Waals surface area (Å²) in [5.74, 6) is 0.103. The van der Waals surface area contributed by atoms with Crippen molar-refractivity contribution in [1.29, 1.82) is 0 Å². The Kier molecular flexibility index (Phi) is 5.16. The normalized spacial score (nSPS) is 10.6. The van der Waals surface area contributed by atoms with Crippen LogP contribution in [0.1, 0.15) is 21.6 Å². The molecule has 0 atom stereocenters. The molecular weight excluding hydrogens is 348 g/mol. The minimum absolute atomic E-state index is 0.0165. The summed E-state index contributed by atoms with van der Waals surface area (Å²) in [6, 6.07) is 11.8. The zero-order chi connectivity index (χ0) is 19.4. The average molecular weight is 366 g/mol. The summed E-state index contributed by atoms with van der Waals surface area (Å²) in [6.07, 6.45) is 2.02. The number of oxazole rings is 1. The number of nitrogens with two attached hydrogens (primary N) is 1. The van der Waals surface area contributed by atoms with Crippen LogP contribution in [0.5, 0.6) is 0 Å². The number of rotatable bonds is 6. The fraction of sp³-hybridized carbons (Fsp3) is 0.158. The second-order valence-electron chi connectivity index (χ2n) is 6.05. The number of amides is 1. The molecule has 0 aliphatic carbocycles. The first-order valence-electron chi connectivity index (χ1n) is 8.27. The highest BCUT2D eigenvalue weighted by atomic mass is 16.6. The standard InChI is InChI=1S/C19H18N4O4/c1-12-2-4-13(5-3-12)19-22-15(11-27-19)8-9-21-18(24)14-6-7-16(20)17(10-14)23(25)26/h2-7,10-11H,8-9,20H2,1H3,(H,21,24). The lowest BCUT2D eigenvalue weighted by Crippen LogP contribution is -2.25. The van der Waals surface area contributed by atoms with Crippen LogP contribution in [-0.4, -0.2) is 22.4 Å². The number of aromatic nitrogens is 1. The maximum atomic E-state index is 12.2. The van der Waals surface area contributed by atoms with Crippen LogP contribution in [0.3, 0.4) is 0 Å². The topological polar surface area (TPSA) is 124 Å². The summed E-state index contributed by atoms with van der Waals surface area (Å²) in [7, 11) is 0. The molecule has 0 aliphatic heterocycles. The summed E-state index contributed by atoms with van der Waals surface area (Å²) < 4.78 is 5.48. The van der Waals surface area contributed by atoms with Crippen molar-refractivity contribution in [2.24, 2.45) is 0 Å². The van der Waals surface area contributed by atoms with Crippen molar-refractivity contribution in [3.8, 4) is 11.5 Å². The van der Waals surface area contributed by atoms with E-state index in [1.807, 2.05) is 31.2 Å². The predicted octanol–water partition coefficient (Wildman–Crippen LogP) is 3.11. The SMILES string of the molecule is Cc1ccc(-c2nc(CCNC(=O)c3ccc(N)c([N+](=O)[O-])c3)co2)cc1. The number of carbonyl (C=O) groups is 1. The molecule has 2 aromatic carbocycles. The number of anilines is 1. The van der Waals surface area contributed by atoms with Gasteiger partial charge in [-0.25, -0.2) is 4.98 Å². The number of benzene rings is 2. The van der Waals surface area contributed by atoms with Gasteiger partial charge in [-0.05, 0) is 31.2 Å². The summed E-state index contributed by atoms with van der Waals surface area (Å²) in [5.41, 5.74) is 8.17. The lowest BCUT2D eigenvalue weighted by atomic mass is 10.1. The van der Waals surface area contributed by atoms with E-state index < -0.39 is 10.8 Å². The molecule has 0 unspecified atom stereocenters. The number of nitrogen functional groups attached to an aromatic ring is 1. The van der Waals surface area contributed by atoms with Crippen LogP contribution in [-0.2, 0) is 6.42 Å². The lowest BCUT2D eigenvalue weighted by molar-refractivity contribution is -0.383. The third-order valence-electron chi connectivity index (χ3n) is 4.01. The Bertz CT molecular complexity index is 980. The van der Waals surface area contributed by atoms with Crippen molar-refractivity contribution in [3.63, 3.8) is 0 Å². The Morgan fingerprint density at radius 3 is 2.70 bits per heavy atom. The third-order valence-corrected chi connectivity index (χ3v) is 4.01. The van der Waals surface area contributed by atoms with E-state index in [0.29, 0.717) is 24.6 Å². The molecule has 0 fully saturated rings. The molecule has 0 radical (unpaired) electrons. The van der Waals surface area contributed by atoms with Crippen LogP contribution in [0.25, 0.3) is 11.5 Å². The first-order chi connectivity index (χ1) is 12.9. The number of nitro benzene ring substituents is 1. The van der Waals surface area contributed by atoms with Gasteiger partial charge >= 0.3 is 0 Å². The summed E-state index contributed by atoms with van der Waals surface area (Å²) >= 11 is 0. The quantitative estimate of drug-likeness (QED) is 0.392. The fourth-order valence-corrected chi connectivity index (χ4v) is 2.50. The predicted molar refractivity (Wildman–Crippen MR) is 100 cm³/mol. The largest absolute Gasteiger partial charge is 0.444 e. The van der Waals surface area contributed by atoms with Gasteiger partial charge < -0.3 is 15.5 Å². The van der Waals surface area contributed by atoms with Crippen LogP contribution >= 0.6 is 0 Å². The number of carbonyl (C=O) groups excluding carboxylic acids is 1. The fourth-order valence-electron chi connectivity index (χ4n) is 2.50. The summed E-state index contributed by atoms with van der Waals surface area (Å²) in [6.45, 7) is 2.32. The molecule has 1 heterocycles. The van der Waals surface area contributed by atoms with Crippen LogP contribution in [0, 0.1) is 17.0 Å². The number of hydrogen-bond acceptors (Lipinski definition) is 6. The van der Waals surface area contributed by atoms with Gasteiger partial charge in [0.05, 0.1) is 10.6 Å². The Hall–Kier alpha value is -3.68. The van der Waals surface area contributed by atoms with E-state index in [1.54, 1.807) is 6.26 Å². The smallest absolute Gasteiger partial charge is 0.292 e. The Morgan fingerprint density at radius 1 is 1.26 bits per heavy atom. The molecule has 138 valence electrons. The molecule has 8 nitrogen and oxygen atoms in total. The van der Waals surface area contributed by atoms with Gasteiger partial charge in [0.15, 0.2) is 0 Å². The van der Waals surface area contributed by atoms with Gasteiger partial charge in [-0.3, -0.25) is 14.9 Å². The first-order valence-corrected chi connectivity index (χ1v) is 8.27. The van der Waals surface area contributed by atoms with Crippen LogP contribution < -0.4 is 11.1 Å². The monoisotopic (exact) mass is 366 g/mol. The van der Waals surface area contributed by atoms with E-state index in [1.165, 1.54) is 12.1 Å². The summed E-state index contributed by atoms with van der Waals surface area (Å²) in [4.78, 5) is 26.9. The molecule has 0 spiro atoms. The van der Waals surface area contributed by atoms with Crippen molar-refractivity contribution in [1.82, 2.24) is 10.3 Å². The van der Waals surface area contributed by atoms with Gasteiger partial charge in [0.25, 0.3) is 11.6 Å². The van der Waals surface area contributed by atoms with Crippen molar-refractivity contribution >= 4 is 17.3 Å². The average Bonchev–Trinajstić information content (AvgIpc) is 3.11. The van der Waals surface area contributed by atoms with E-state index in [4.69, 9.17) is 10.2 Å². The van der Waals surface area contributed by atoms with E-state index in [0.717, 1.165) is 17.2 Å². The molecule has 1 aromatic heterocycles. The Balaban J connectivity index is 1.58. The molecule has 0 aliphatic rings. The van der Waals surface area contributed by atoms with E-state index in [-0.39, 0.29) is 16.9 Å². The minimum Gasteiger partial charge on any atom is -0.444 e. The van der Waals surface area contributed by atoms with Crippen molar-refractivity contribution in [2.45, 2.75) is 13.3 Å². The highest BCUT2D eigenvalue weighted by Crippen LogP contribution is 2.22. The molecule has 3 N–H and O–H groups in total. The minimum atomic E-state index is -0.617. The molecule has 8 heteroatoms. The van der Waals surface area contributed by atoms with E-state index >= 15 is 0 Å². The number of nitrogens with zero attached hydrogens (tertiary/aromatic N) is 2. The molecule has 0 bridgehead atoms. The van der Waals surface area contributed by atoms with Gasteiger partial charge in [0.2, 0.25) is 5.89 Å². The molecule has 1 amide bonds. The van der Waals surface area contributed by atoms with E-state index in [9.17, 15) is 14.9 Å². The zero-order valence-corrected chi connectivity index (χ0v) is 14.6. The number of nitro groups is 1. The number of nitrogens with one attached hydrogen (secondary N) is 1. The maximum Gasteiger partial charge on any atom is 0.292 e. The van der Waals surface area contributed by atoms with Gasteiger partial charge in [0.1, 0.15) is 12.0 Å². The molecular formula is C19H18N4O4. The van der Waals surface area contributed by atoms with Crippen molar-refractivity contribution in [2.75, 3.05) is 12.3 Å². The Morgan fingerprint density at radius 2 is 2.00 bits per heavy atom. The highest BCUT2D eigenvalue weighted by molar-refractivity contribution is 5.95. The van der Waals surface area contributed by atoms with Crippen molar-refractivity contribution in [3.05, 3.63) is 75.7 Å². The third kappa shape index (κ3) is 4.30. The molecule has 0 saturated heterocycles. The second-order valence-corrected chi connectivity index (χ2v) is 6.05. The van der Waals surface area contributed by atoms with Gasteiger partial charge in [-0.15, -0.1) is 0 Å². The molecule has 27 heavy (non-hydrogen) atoms. The summed E-state index contributed by atoms with van der Waals surface area (Å²) in [5, 5.41) is 13.6. The van der Waals surface area contributed by atoms with Crippen LogP contribution in [0.15, 0.2) is 53.1 Å². The van der Waals surface area contributed by atoms with Gasteiger partial charge in [-0.1, -0.05) is 17.7 Å². The van der Waals surface area contributed by atoms with E-state index in [2.05, 4.69) is 10.3 Å². The molecule has 0 saturated carbocycles. The second kappa shape index (κ2) is 7.69. The number of aryl methyl sites for hydroxylation is 1. The Labute approximate surface area is 155 Å². The number of hydrogen-bond donors (Lipinski definition) is 2. The van der Waals surface area contributed by atoms with Gasteiger partial charge in [-0.2, -0.15) is 0 Å². The van der Waals surface area contributed by atoms with Crippen molar-refractivity contribution < 1.29 is 14.1 Å². The van der Waals surface area contributed by atoms with Gasteiger partial charge in [0, 0.05) is 30.2 Å². The highest BCUT2D eigenvalue weighted by Gasteiger charge is 2.15.